The molecule has 4 nitrogen and oxygen atoms in total. The molecule has 0 bridgehead atoms. The van der Waals surface area contributed by atoms with E-state index in [1.807, 2.05) is 0 Å². The molecule has 0 spiro atoms. The number of ether oxygens (including phenoxy) is 2. The van der Waals surface area contributed by atoms with Crippen molar-refractivity contribution >= 4 is 23.2 Å². The van der Waals surface area contributed by atoms with E-state index in [4.69, 9.17) is 32.7 Å². The van der Waals surface area contributed by atoms with E-state index in [0.29, 0.717) is 22.3 Å². The number of nitrogens with one attached hydrogen (secondary N) is 1. The summed E-state index contributed by atoms with van der Waals surface area (Å²) in [6.45, 7) is 2.18. The molecule has 1 heterocycles. The van der Waals surface area contributed by atoms with Gasteiger partial charge in [-0.1, -0.05) is 29.3 Å². The molecule has 1 aromatic rings. The number of hydrogen-bond donors (Lipinski definition) is 2. The minimum Gasteiger partial charge on any atom is -0.488 e. The Hall–Kier alpha value is -0.520. The zero-order valence-electron chi connectivity index (χ0n) is 11.1. The van der Waals surface area contributed by atoms with Crippen molar-refractivity contribution in [2.45, 2.75) is 25.0 Å². The highest BCUT2D eigenvalue weighted by Gasteiger charge is 2.16. The summed E-state index contributed by atoms with van der Waals surface area (Å²) in [5.74, 6) is 0.411. The van der Waals surface area contributed by atoms with Crippen LogP contribution >= 0.6 is 23.2 Å². The topological polar surface area (TPSA) is 50.7 Å². The van der Waals surface area contributed by atoms with Crippen LogP contribution in [0.4, 0.5) is 0 Å². The second kappa shape index (κ2) is 8.05. The van der Waals surface area contributed by atoms with Crippen molar-refractivity contribution in [1.82, 2.24) is 5.32 Å². The highest BCUT2D eigenvalue weighted by Crippen LogP contribution is 2.32. The highest BCUT2D eigenvalue weighted by atomic mass is 35.5. The molecule has 1 saturated heterocycles. The second-order valence-electron chi connectivity index (χ2n) is 4.81. The third-order valence-electron chi connectivity index (χ3n) is 3.11. The lowest BCUT2D eigenvalue weighted by Crippen LogP contribution is -2.35. The maximum atomic E-state index is 9.85. The van der Waals surface area contributed by atoms with Gasteiger partial charge in [-0.05, 0) is 25.0 Å². The Morgan fingerprint density at radius 3 is 2.80 bits per heavy atom. The van der Waals surface area contributed by atoms with E-state index in [1.54, 1.807) is 18.2 Å². The fourth-order valence-corrected chi connectivity index (χ4v) is 2.58. The number of hydrogen-bond acceptors (Lipinski definition) is 4. The van der Waals surface area contributed by atoms with Gasteiger partial charge in [-0.2, -0.15) is 0 Å². The predicted octanol–water partition coefficient (Wildman–Crippen LogP) is 2.50. The van der Waals surface area contributed by atoms with Gasteiger partial charge in [0.05, 0.1) is 16.1 Å². The summed E-state index contributed by atoms with van der Waals surface area (Å²) < 4.78 is 11.0. The number of benzene rings is 1. The maximum absolute atomic E-state index is 9.85. The maximum Gasteiger partial charge on any atom is 0.156 e. The van der Waals surface area contributed by atoms with Crippen LogP contribution in [-0.4, -0.2) is 43.6 Å². The Morgan fingerprint density at radius 2 is 2.15 bits per heavy atom. The van der Waals surface area contributed by atoms with Gasteiger partial charge in [0.25, 0.3) is 0 Å². The Kier molecular flexibility index (Phi) is 6.39. The van der Waals surface area contributed by atoms with Crippen molar-refractivity contribution in [3.8, 4) is 5.75 Å². The average Bonchev–Trinajstić information content (AvgIpc) is 2.91. The van der Waals surface area contributed by atoms with E-state index >= 15 is 0 Å². The lowest BCUT2D eigenvalue weighted by molar-refractivity contribution is 0.0882. The third-order valence-corrected chi connectivity index (χ3v) is 3.71. The summed E-state index contributed by atoms with van der Waals surface area (Å²) in [5.41, 5.74) is 0. The quantitative estimate of drug-likeness (QED) is 0.810. The van der Waals surface area contributed by atoms with Crippen LogP contribution in [0.5, 0.6) is 5.75 Å². The summed E-state index contributed by atoms with van der Waals surface area (Å²) in [6, 6.07) is 5.15. The standard InChI is InChI=1S/C14H19Cl2NO3/c15-12-4-1-5-13(16)14(12)20-9-10(18)7-17-8-11-3-2-6-19-11/h1,4-5,10-11,17-18H,2-3,6-9H2. The van der Waals surface area contributed by atoms with Gasteiger partial charge >= 0.3 is 0 Å². The molecule has 112 valence electrons. The molecular weight excluding hydrogens is 301 g/mol. The molecule has 2 unspecified atom stereocenters. The van der Waals surface area contributed by atoms with Crippen LogP contribution in [0.2, 0.25) is 10.0 Å². The van der Waals surface area contributed by atoms with E-state index in [2.05, 4.69) is 5.32 Å². The monoisotopic (exact) mass is 319 g/mol. The summed E-state index contributed by atoms with van der Waals surface area (Å²) in [7, 11) is 0. The summed E-state index contributed by atoms with van der Waals surface area (Å²) in [4.78, 5) is 0. The fraction of sp³-hybridized carbons (Fsp3) is 0.571. The van der Waals surface area contributed by atoms with Crippen molar-refractivity contribution in [3.63, 3.8) is 0 Å². The molecule has 1 aliphatic heterocycles. The van der Waals surface area contributed by atoms with E-state index < -0.39 is 6.10 Å². The largest absolute Gasteiger partial charge is 0.488 e. The van der Waals surface area contributed by atoms with Gasteiger partial charge in [-0.15, -0.1) is 0 Å². The molecule has 2 rings (SSSR count). The number of para-hydroxylation sites is 1. The first-order chi connectivity index (χ1) is 9.66. The lowest BCUT2D eigenvalue weighted by Gasteiger charge is -2.16. The first-order valence-corrected chi connectivity index (χ1v) is 7.49. The molecule has 2 N–H and O–H groups in total. The molecule has 1 aromatic carbocycles. The number of aliphatic hydroxyl groups is 1. The van der Waals surface area contributed by atoms with Crippen LogP contribution in [0.25, 0.3) is 0 Å². The molecule has 6 heteroatoms. The van der Waals surface area contributed by atoms with Gasteiger partial charge in [0, 0.05) is 19.7 Å². The molecule has 1 fully saturated rings. The summed E-state index contributed by atoms with van der Waals surface area (Å²) in [6.07, 6.45) is 1.84. The fourth-order valence-electron chi connectivity index (χ4n) is 2.08. The van der Waals surface area contributed by atoms with Crippen LogP contribution in [0.3, 0.4) is 0 Å². The molecule has 20 heavy (non-hydrogen) atoms. The Bertz CT molecular complexity index is 405. The van der Waals surface area contributed by atoms with Gasteiger partial charge in [0.15, 0.2) is 5.75 Å². The van der Waals surface area contributed by atoms with Gasteiger partial charge < -0.3 is 19.9 Å². The van der Waals surface area contributed by atoms with Crippen molar-refractivity contribution in [1.29, 1.82) is 0 Å². The van der Waals surface area contributed by atoms with Crippen LogP contribution < -0.4 is 10.1 Å². The molecule has 1 aliphatic rings. The zero-order valence-corrected chi connectivity index (χ0v) is 12.7. The number of rotatable bonds is 7. The van der Waals surface area contributed by atoms with E-state index in [0.717, 1.165) is 26.0 Å². The van der Waals surface area contributed by atoms with Gasteiger partial charge in [0.1, 0.15) is 12.7 Å². The molecular formula is C14H19Cl2NO3. The molecule has 0 aromatic heterocycles. The number of aliphatic hydroxyl groups excluding tert-OH is 1. The van der Waals surface area contributed by atoms with Crippen LogP contribution in [0.1, 0.15) is 12.8 Å². The van der Waals surface area contributed by atoms with E-state index in [9.17, 15) is 5.11 Å². The summed E-state index contributed by atoms with van der Waals surface area (Å²) >= 11 is 12.0. The molecule has 0 amide bonds. The van der Waals surface area contributed by atoms with E-state index in [-0.39, 0.29) is 12.7 Å². The average molecular weight is 320 g/mol. The van der Waals surface area contributed by atoms with Crippen LogP contribution in [0.15, 0.2) is 18.2 Å². The van der Waals surface area contributed by atoms with Crippen LogP contribution in [-0.2, 0) is 4.74 Å². The Morgan fingerprint density at radius 1 is 1.40 bits per heavy atom. The lowest BCUT2D eigenvalue weighted by atomic mass is 10.2. The molecule has 0 aliphatic carbocycles. The third kappa shape index (κ3) is 4.79. The van der Waals surface area contributed by atoms with Crippen molar-refractivity contribution in [2.75, 3.05) is 26.3 Å². The molecule has 2 atom stereocenters. The highest BCUT2D eigenvalue weighted by molar-refractivity contribution is 6.37. The minimum atomic E-state index is -0.622. The second-order valence-corrected chi connectivity index (χ2v) is 5.62. The normalized spacial score (nSPS) is 20.1. The Labute approximate surface area is 129 Å². The van der Waals surface area contributed by atoms with Crippen molar-refractivity contribution in [3.05, 3.63) is 28.2 Å². The first kappa shape index (κ1) is 15.9. The molecule has 0 saturated carbocycles. The number of halogens is 2. The van der Waals surface area contributed by atoms with Gasteiger partial charge in [0.2, 0.25) is 0 Å². The van der Waals surface area contributed by atoms with Crippen LogP contribution in [0, 0.1) is 0 Å². The van der Waals surface area contributed by atoms with E-state index in [1.165, 1.54) is 0 Å². The SMILES string of the molecule is OC(CNCC1CCCO1)COc1c(Cl)cccc1Cl. The predicted molar refractivity (Wildman–Crippen MR) is 79.8 cm³/mol. The van der Waals surface area contributed by atoms with Crippen molar-refractivity contribution < 1.29 is 14.6 Å². The Balaban J connectivity index is 1.68. The molecule has 0 radical (unpaired) electrons. The minimum absolute atomic E-state index is 0.141. The smallest absolute Gasteiger partial charge is 0.156 e. The summed E-state index contributed by atoms with van der Waals surface area (Å²) in [5, 5.41) is 13.9. The van der Waals surface area contributed by atoms with Gasteiger partial charge in [-0.25, -0.2) is 0 Å². The van der Waals surface area contributed by atoms with Crippen molar-refractivity contribution in [2.24, 2.45) is 0 Å². The first-order valence-electron chi connectivity index (χ1n) is 6.74. The zero-order chi connectivity index (χ0) is 14.4. The van der Waals surface area contributed by atoms with Gasteiger partial charge in [-0.3, -0.25) is 0 Å².